The van der Waals surface area contributed by atoms with Gasteiger partial charge in [0.2, 0.25) is 12.1 Å². The lowest BCUT2D eigenvalue weighted by Crippen LogP contribution is -2.29. The zero-order valence-corrected chi connectivity index (χ0v) is 18.7. The lowest BCUT2D eigenvalue weighted by atomic mass is 10.2. The molecule has 5 rings (SSSR count). The van der Waals surface area contributed by atoms with Crippen LogP contribution >= 0.6 is 34.8 Å². The number of nitrogens with zero attached hydrogens (tertiary/aromatic N) is 4. The molecule has 0 radical (unpaired) electrons. The molecule has 6 nitrogen and oxygen atoms in total. The first-order valence-electron chi connectivity index (χ1n) is 9.67. The second-order valence-corrected chi connectivity index (χ2v) is 8.32. The summed E-state index contributed by atoms with van der Waals surface area (Å²) in [5.74, 6) is 0.295. The van der Waals surface area contributed by atoms with E-state index < -0.39 is 6.23 Å². The summed E-state index contributed by atoms with van der Waals surface area (Å²) in [4.78, 5) is 15.9. The Hall–Kier alpha value is -3.06. The summed E-state index contributed by atoms with van der Waals surface area (Å²) in [7, 11) is 0. The van der Waals surface area contributed by atoms with Crippen LogP contribution in [0.1, 0.15) is 11.1 Å². The van der Waals surface area contributed by atoms with Crippen LogP contribution in [0.4, 0.5) is 5.69 Å². The van der Waals surface area contributed by atoms with Crippen LogP contribution in [-0.2, 0) is 16.1 Å². The van der Waals surface area contributed by atoms with E-state index >= 15 is 0 Å². The average molecular weight is 486 g/mol. The monoisotopic (exact) mass is 484 g/mol. The van der Waals surface area contributed by atoms with Gasteiger partial charge in [-0.15, -0.1) is 5.10 Å². The van der Waals surface area contributed by atoms with E-state index in [9.17, 15) is 4.79 Å². The van der Waals surface area contributed by atoms with Crippen molar-refractivity contribution in [2.45, 2.75) is 12.8 Å². The molecule has 0 fully saturated rings. The topological polar surface area (TPSA) is 59.7 Å². The Bertz CT molecular complexity index is 1350. The van der Waals surface area contributed by atoms with Gasteiger partial charge in [0.25, 0.3) is 0 Å². The Morgan fingerprint density at radius 1 is 1.06 bits per heavy atom. The Labute approximate surface area is 198 Å². The van der Waals surface area contributed by atoms with Crippen molar-refractivity contribution in [2.75, 3.05) is 5.01 Å². The molecule has 2 aromatic heterocycles. The van der Waals surface area contributed by atoms with Crippen LogP contribution < -0.4 is 5.01 Å². The molecule has 2 aromatic carbocycles. The lowest BCUT2D eigenvalue weighted by Gasteiger charge is -2.17. The number of aromatic nitrogens is 2. The van der Waals surface area contributed by atoms with Crippen molar-refractivity contribution in [3.05, 3.63) is 93.3 Å². The lowest BCUT2D eigenvalue weighted by molar-refractivity contribution is -0.113. The van der Waals surface area contributed by atoms with Crippen molar-refractivity contribution in [1.29, 1.82) is 0 Å². The number of aldehydes is 1. The molecular weight excluding hydrogens is 471 g/mol. The van der Waals surface area contributed by atoms with E-state index in [1.54, 1.807) is 30.6 Å². The molecule has 0 aliphatic carbocycles. The highest BCUT2D eigenvalue weighted by molar-refractivity contribution is 6.36. The van der Waals surface area contributed by atoms with Crippen LogP contribution in [0.15, 0.2) is 72.1 Å². The fourth-order valence-electron chi connectivity index (χ4n) is 3.67. The van der Waals surface area contributed by atoms with E-state index in [0.29, 0.717) is 45.2 Å². The van der Waals surface area contributed by atoms with Gasteiger partial charge in [0.15, 0.2) is 6.29 Å². The number of para-hydroxylation sites is 1. The molecule has 0 saturated carbocycles. The normalized spacial score (nSPS) is 15.7. The summed E-state index contributed by atoms with van der Waals surface area (Å²) in [6.45, 7) is 0.412. The number of carbonyl (C=O) groups excluding carboxylic acids is 1. The first-order valence-corrected chi connectivity index (χ1v) is 10.8. The van der Waals surface area contributed by atoms with Gasteiger partial charge < -0.3 is 9.30 Å². The maximum atomic E-state index is 11.9. The highest BCUT2D eigenvalue weighted by atomic mass is 35.5. The summed E-state index contributed by atoms with van der Waals surface area (Å²) < 4.78 is 7.71. The molecule has 9 heteroatoms. The van der Waals surface area contributed by atoms with Crippen molar-refractivity contribution in [3.63, 3.8) is 0 Å². The minimum Gasteiger partial charge on any atom is -0.443 e. The molecule has 0 bridgehead atoms. The summed E-state index contributed by atoms with van der Waals surface area (Å²) in [5, 5.41) is 8.39. The highest BCUT2D eigenvalue weighted by Crippen LogP contribution is 2.41. The molecule has 0 amide bonds. The molecule has 0 spiro atoms. The number of pyridine rings is 1. The fraction of sp³-hybridized carbons (Fsp3) is 0.0870. The van der Waals surface area contributed by atoms with Crippen molar-refractivity contribution < 1.29 is 9.53 Å². The van der Waals surface area contributed by atoms with Crippen molar-refractivity contribution >= 4 is 63.6 Å². The van der Waals surface area contributed by atoms with E-state index in [1.165, 1.54) is 5.01 Å². The molecule has 1 unspecified atom stereocenters. The third kappa shape index (κ3) is 3.60. The van der Waals surface area contributed by atoms with E-state index in [0.717, 1.165) is 16.5 Å². The van der Waals surface area contributed by atoms with Crippen LogP contribution in [0.2, 0.25) is 15.2 Å². The molecule has 1 aliphatic rings. The van der Waals surface area contributed by atoms with E-state index in [-0.39, 0.29) is 0 Å². The molecule has 0 saturated heterocycles. The number of hydrazone groups is 1. The van der Waals surface area contributed by atoms with Crippen LogP contribution in [0, 0.1) is 0 Å². The first kappa shape index (κ1) is 20.8. The molecule has 32 heavy (non-hydrogen) atoms. The maximum absolute atomic E-state index is 11.9. The minimum atomic E-state index is -0.957. The number of halogens is 3. The zero-order chi connectivity index (χ0) is 22.2. The third-order valence-electron chi connectivity index (χ3n) is 5.15. The fourth-order valence-corrected chi connectivity index (χ4v) is 4.47. The van der Waals surface area contributed by atoms with E-state index in [2.05, 4.69) is 10.1 Å². The second-order valence-electron chi connectivity index (χ2n) is 7.11. The smallest absolute Gasteiger partial charge is 0.249 e. The Kier molecular flexibility index (Phi) is 5.51. The van der Waals surface area contributed by atoms with Gasteiger partial charge in [-0.1, -0.05) is 59.1 Å². The van der Waals surface area contributed by atoms with Gasteiger partial charge in [-0.25, -0.2) is 5.01 Å². The Morgan fingerprint density at radius 3 is 2.66 bits per heavy atom. The number of hydrogen-bond donors (Lipinski definition) is 0. The predicted molar refractivity (Wildman–Crippen MR) is 127 cm³/mol. The standard InChI is InChI=1S/C23H15Cl3N4O2/c24-16-8-7-15(18(25)10-16)12-29-19-6-2-1-5-17(19)21(22(29)26)30-20(13-31)32-23(28-30)14-4-3-9-27-11-14/h1-11,13,20H,12H2. The number of benzene rings is 2. The van der Waals surface area contributed by atoms with Crippen LogP contribution in [0.5, 0.6) is 0 Å². The number of anilines is 1. The van der Waals surface area contributed by atoms with E-state index in [4.69, 9.17) is 39.5 Å². The number of hydrogen-bond acceptors (Lipinski definition) is 5. The zero-order valence-electron chi connectivity index (χ0n) is 16.5. The molecule has 0 N–H and O–H groups in total. The van der Waals surface area contributed by atoms with E-state index in [1.807, 2.05) is 41.0 Å². The van der Waals surface area contributed by atoms with Crippen molar-refractivity contribution in [3.8, 4) is 0 Å². The van der Waals surface area contributed by atoms with Crippen molar-refractivity contribution in [1.82, 2.24) is 9.55 Å². The Balaban J connectivity index is 1.64. The predicted octanol–water partition coefficient (Wildman–Crippen LogP) is 5.77. The van der Waals surface area contributed by atoms with Crippen molar-refractivity contribution in [2.24, 2.45) is 5.10 Å². The van der Waals surface area contributed by atoms with Crippen LogP contribution in [0.25, 0.3) is 10.9 Å². The van der Waals surface area contributed by atoms with Gasteiger partial charge in [-0.2, -0.15) is 0 Å². The molecule has 1 aliphatic heterocycles. The second kappa shape index (κ2) is 8.47. The molecule has 3 heterocycles. The molecular formula is C23H15Cl3N4O2. The van der Waals surface area contributed by atoms with Gasteiger partial charge in [0, 0.05) is 27.8 Å². The Morgan fingerprint density at radius 2 is 1.91 bits per heavy atom. The van der Waals surface area contributed by atoms with Gasteiger partial charge in [0.1, 0.15) is 10.8 Å². The largest absolute Gasteiger partial charge is 0.443 e. The first-order chi connectivity index (χ1) is 15.6. The summed E-state index contributed by atoms with van der Waals surface area (Å²) in [6.07, 6.45) is 3.00. The van der Waals surface area contributed by atoms with Crippen LogP contribution in [0.3, 0.4) is 0 Å². The van der Waals surface area contributed by atoms with Gasteiger partial charge >= 0.3 is 0 Å². The average Bonchev–Trinajstić information content (AvgIpc) is 3.35. The number of rotatable bonds is 5. The molecule has 1 atom stereocenters. The van der Waals surface area contributed by atoms with Gasteiger partial charge in [-0.3, -0.25) is 9.78 Å². The maximum Gasteiger partial charge on any atom is 0.249 e. The highest BCUT2D eigenvalue weighted by Gasteiger charge is 2.34. The number of carbonyl (C=O) groups is 1. The molecule has 160 valence electrons. The summed E-state index contributed by atoms with van der Waals surface area (Å²) in [6, 6.07) is 16.6. The van der Waals surface area contributed by atoms with Gasteiger partial charge in [0.05, 0.1) is 17.6 Å². The number of ether oxygens (including phenoxy) is 1. The molecule has 4 aromatic rings. The number of fused-ring (bicyclic) bond motifs is 1. The quantitative estimate of drug-likeness (QED) is 0.337. The van der Waals surface area contributed by atoms with Gasteiger partial charge in [-0.05, 0) is 35.9 Å². The minimum absolute atomic E-state index is 0.295. The summed E-state index contributed by atoms with van der Waals surface area (Å²) >= 11 is 19.3. The van der Waals surface area contributed by atoms with Crippen LogP contribution in [-0.4, -0.2) is 28.0 Å². The summed E-state index contributed by atoms with van der Waals surface area (Å²) in [5.41, 5.74) is 2.96. The SMILES string of the molecule is O=CC1OC(c2cccnc2)=NN1c1c(Cl)n(Cc2ccc(Cl)cc2Cl)c2ccccc12. The third-order valence-corrected chi connectivity index (χ3v) is 6.12.